The molecule has 2 aliphatic rings. The monoisotopic (exact) mass is 448 g/mol. The molecule has 5 rings (SSSR count). The number of amides is 2. The Kier molecular flexibility index (Phi) is 5.22. The van der Waals surface area contributed by atoms with Crippen molar-refractivity contribution < 1.29 is 9.59 Å². The summed E-state index contributed by atoms with van der Waals surface area (Å²) in [5.41, 5.74) is 2.89. The molecule has 4 heterocycles. The molecular formula is C23H21ClN6O2. The summed E-state index contributed by atoms with van der Waals surface area (Å²) in [7, 11) is 1.92. The molecule has 3 aromatic rings. The number of aromatic nitrogens is 4. The summed E-state index contributed by atoms with van der Waals surface area (Å²) in [6.45, 7) is 0. The van der Waals surface area contributed by atoms with Crippen LogP contribution < -0.4 is 5.32 Å². The lowest BCUT2D eigenvalue weighted by molar-refractivity contribution is 0.0681. The predicted molar refractivity (Wildman–Crippen MR) is 120 cm³/mol. The third kappa shape index (κ3) is 3.67. The van der Waals surface area contributed by atoms with E-state index in [9.17, 15) is 9.59 Å². The summed E-state index contributed by atoms with van der Waals surface area (Å²) in [5.74, 6) is -0.758. The van der Waals surface area contributed by atoms with Crippen LogP contribution in [-0.2, 0) is 7.05 Å². The van der Waals surface area contributed by atoms with Gasteiger partial charge in [0.1, 0.15) is 0 Å². The van der Waals surface area contributed by atoms with E-state index in [1.807, 2.05) is 22.7 Å². The topological polar surface area (TPSA) is 93.0 Å². The van der Waals surface area contributed by atoms with Crippen molar-refractivity contribution in [2.24, 2.45) is 7.05 Å². The third-order valence-electron chi connectivity index (χ3n) is 6.00. The number of nitrogens with one attached hydrogen (secondary N) is 1. The Labute approximate surface area is 189 Å². The summed E-state index contributed by atoms with van der Waals surface area (Å²) in [6.07, 6.45) is 9.30. The largest absolute Gasteiger partial charge is 0.327 e. The fourth-order valence-corrected chi connectivity index (χ4v) is 4.66. The maximum atomic E-state index is 13.5. The van der Waals surface area contributed by atoms with Crippen LogP contribution in [0.25, 0.3) is 5.57 Å². The maximum Gasteiger partial charge on any atom is 0.276 e. The molecule has 1 N–H and O–H groups in total. The van der Waals surface area contributed by atoms with Gasteiger partial charge in [0.25, 0.3) is 11.8 Å². The minimum absolute atomic E-state index is 0.00765. The third-order valence-corrected chi connectivity index (χ3v) is 6.25. The Morgan fingerprint density at radius 1 is 1.03 bits per heavy atom. The van der Waals surface area contributed by atoms with E-state index in [2.05, 4.69) is 26.5 Å². The van der Waals surface area contributed by atoms with Gasteiger partial charge < -0.3 is 10.2 Å². The Hall–Kier alpha value is -3.52. The molecule has 2 atom stereocenters. The summed E-state index contributed by atoms with van der Waals surface area (Å²) >= 11 is 5.91. The summed E-state index contributed by atoms with van der Waals surface area (Å²) < 4.78 is 1.85. The van der Waals surface area contributed by atoms with Crippen LogP contribution in [-0.4, -0.2) is 48.5 Å². The standard InChI is InChI=1S/C23H21ClN6O2/c1-29-19(8-9-27-29)14-12-17-6-7-18(13-14)30(17)23(32)21-20(25-10-11-26-21)22(31)28-16-4-2-15(24)3-5-16/h2-5,8-12,17-18H,6-7,13H2,1H3,(H,28,31). The van der Waals surface area contributed by atoms with Crippen molar-refractivity contribution >= 4 is 34.7 Å². The van der Waals surface area contributed by atoms with E-state index in [0.717, 1.165) is 25.0 Å². The second-order valence-electron chi connectivity index (χ2n) is 7.96. The number of hydrogen-bond donors (Lipinski definition) is 1. The molecule has 1 aromatic carbocycles. The number of carbonyl (C=O) groups excluding carboxylic acids is 2. The zero-order valence-corrected chi connectivity index (χ0v) is 18.2. The number of halogens is 1. The van der Waals surface area contributed by atoms with Crippen LogP contribution in [0.2, 0.25) is 5.02 Å². The minimum atomic E-state index is -0.487. The normalized spacial score (nSPS) is 19.6. The van der Waals surface area contributed by atoms with Crippen LogP contribution in [0.4, 0.5) is 5.69 Å². The number of hydrogen-bond acceptors (Lipinski definition) is 5. The van der Waals surface area contributed by atoms with E-state index >= 15 is 0 Å². The lowest BCUT2D eigenvalue weighted by Gasteiger charge is -2.34. The first-order chi connectivity index (χ1) is 15.5. The quantitative estimate of drug-likeness (QED) is 0.658. The van der Waals surface area contributed by atoms with E-state index in [0.29, 0.717) is 10.7 Å². The number of nitrogens with zero attached hydrogens (tertiary/aromatic N) is 5. The van der Waals surface area contributed by atoms with Gasteiger partial charge in [-0.15, -0.1) is 0 Å². The second-order valence-corrected chi connectivity index (χ2v) is 8.40. The molecule has 2 aliphatic heterocycles. The molecule has 0 radical (unpaired) electrons. The first-order valence-electron chi connectivity index (χ1n) is 10.4. The SMILES string of the molecule is Cn1nccc1C1=CC2CCC(C1)N2C(=O)c1nccnc1C(=O)Nc1ccc(Cl)cc1. The van der Waals surface area contributed by atoms with E-state index < -0.39 is 5.91 Å². The van der Waals surface area contributed by atoms with Gasteiger partial charge in [-0.05, 0) is 55.2 Å². The maximum absolute atomic E-state index is 13.5. The van der Waals surface area contributed by atoms with Crippen LogP contribution in [0.3, 0.4) is 0 Å². The molecule has 32 heavy (non-hydrogen) atoms. The van der Waals surface area contributed by atoms with Crippen molar-refractivity contribution in [2.45, 2.75) is 31.3 Å². The second kappa shape index (κ2) is 8.20. The number of carbonyl (C=O) groups is 2. The minimum Gasteiger partial charge on any atom is -0.327 e. The van der Waals surface area contributed by atoms with Gasteiger partial charge in [-0.3, -0.25) is 14.3 Å². The average molecular weight is 449 g/mol. The molecule has 1 saturated heterocycles. The van der Waals surface area contributed by atoms with Crippen LogP contribution in [0.15, 0.2) is 55.0 Å². The molecular weight excluding hydrogens is 428 g/mol. The summed E-state index contributed by atoms with van der Waals surface area (Å²) in [5, 5.41) is 7.59. The molecule has 1 fully saturated rings. The molecule has 0 aliphatic carbocycles. The van der Waals surface area contributed by atoms with E-state index in [-0.39, 0.29) is 29.4 Å². The highest BCUT2D eigenvalue weighted by atomic mass is 35.5. The fraction of sp³-hybridized carbons (Fsp3) is 0.261. The summed E-state index contributed by atoms with van der Waals surface area (Å²) in [6, 6.07) is 8.73. The van der Waals surface area contributed by atoms with E-state index in [1.54, 1.807) is 30.5 Å². The van der Waals surface area contributed by atoms with E-state index in [1.165, 1.54) is 18.0 Å². The average Bonchev–Trinajstić information content (AvgIpc) is 3.34. The lowest BCUT2D eigenvalue weighted by Crippen LogP contribution is -2.44. The van der Waals surface area contributed by atoms with Gasteiger partial charge in [0.2, 0.25) is 0 Å². The van der Waals surface area contributed by atoms with Gasteiger partial charge in [-0.1, -0.05) is 17.7 Å². The Balaban J connectivity index is 1.41. The molecule has 2 bridgehead atoms. The molecule has 2 aromatic heterocycles. The zero-order valence-electron chi connectivity index (χ0n) is 17.4. The van der Waals surface area contributed by atoms with Gasteiger partial charge in [0, 0.05) is 42.4 Å². The molecule has 9 heteroatoms. The number of rotatable bonds is 4. The molecule has 162 valence electrons. The summed E-state index contributed by atoms with van der Waals surface area (Å²) in [4.78, 5) is 36.7. The van der Waals surface area contributed by atoms with Gasteiger partial charge in [0.05, 0.1) is 11.7 Å². The van der Waals surface area contributed by atoms with E-state index in [4.69, 9.17) is 11.6 Å². The lowest BCUT2D eigenvalue weighted by atomic mass is 9.98. The zero-order chi connectivity index (χ0) is 22.2. The van der Waals surface area contributed by atoms with Crippen molar-refractivity contribution in [2.75, 3.05) is 5.32 Å². The molecule has 0 spiro atoms. The van der Waals surface area contributed by atoms with Gasteiger partial charge in [-0.2, -0.15) is 5.10 Å². The molecule has 2 amide bonds. The van der Waals surface area contributed by atoms with Crippen molar-refractivity contribution in [3.05, 3.63) is 77.1 Å². The number of anilines is 1. The molecule has 0 saturated carbocycles. The van der Waals surface area contributed by atoms with Crippen LogP contribution in [0, 0.1) is 0 Å². The number of fused-ring (bicyclic) bond motifs is 2. The molecule has 2 unspecified atom stereocenters. The van der Waals surface area contributed by atoms with Gasteiger partial charge in [-0.25, -0.2) is 9.97 Å². The Morgan fingerprint density at radius 2 is 1.78 bits per heavy atom. The highest BCUT2D eigenvalue weighted by Gasteiger charge is 2.42. The first-order valence-corrected chi connectivity index (χ1v) is 10.8. The number of benzene rings is 1. The van der Waals surface area contributed by atoms with Gasteiger partial charge in [0.15, 0.2) is 11.4 Å². The fourth-order valence-electron chi connectivity index (χ4n) is 4.53. The Bertz CT molecular complexity index is 1220. The highest BCUT2D eigenvalue weighted by Crippen LogP contribution is 2.39. The van der Waals surface area contributed by atoms with Crippen LogP contribution in [0.1, 0.15) is 45.9 Å². The van der Waals surface area contributed by atoms with Crippen LogP contribution in [0.5, 0.6) is 0 Å². The smallest absolute Gasteiger partial charge is 0.276 e. The van der Waals surface area contributed by atoms with Crippen molar-refractivity contribution in [3.8, 4) is 0 Å². The van der Waals surface area contributed by atoms with Crippen LogP contribution >= 0.6 is 11.6 Å². The number of aryl methyl sites for hydroxylation is 1. The predicted octanol–water partition coefficient (Wildman–Crippen LogP) is 3.58. The Morgan fingerprint density at radius 3 is 2.47 bits per heavy atom. The molecule has 8 nitrogen and oxygen atoms in total. The van der Waals surface area contributed by atoms with Crippen molar-refractivity contribution in [1.29, 1.82) is 0 Å². The van der Waals surface area contributed by atoms with Crippen molar-refractivity contribution in [3.63, 3.8) is 0 Å². The van der Waals surface area contributed by atoms with Crippen molar-refractivity contribution in [1.82, 2.24) is 24.6 Å². The van der Waals surface area contributed by atoms with Gasteiger partial charge >= 0.3 is 0 Å². The first kappa shape index (κ1) is 20.4. The highest BCUT2D eigenvalue weighted by molar-refractivity contribution is 6.30.